The largest absolute Gasteiger partial charge is 0.355 e. The number of hydrogen-bond donors (Lipinski definition) is 1. The summed E-state index contributed by atoms with van der Waals surface area (Å²) in [6.07, 6.45) is 3.52. The van der Waals surface area contributed by atoms with E-state index in [1.807, 2.05) is 6.07 Å². The SMILES string of the molecule is CN=C(NCC(C)(C)c1ccc(F)cc1Cl)N1CCN(c2ncccn2)CC1. The average Bonchev–Trinajstić information content (AvgIpc) is 2.69. The molecule has 2 aromatic rings. The molecule has 1 aliphatic rings. The van der Waals surface area contributed by atoms with E-state index in [0.717, 1.165) is 43.7 Å². The lowest BCUT2D eigenvalue weighted by atomic mass is 9.84. The molecule has 2 heterocycles. The summed E-state index contributed by atoms with van der Waals surface area (Å²) < 4.78 is 13.4. The molecule has 0 saturated carbocycles. The van der Waals surface area contributed by atoms with Gasteiger partial charge in [-0.1, -0.05) is 31.5 Å². The topological polar surface area (TPSA) is 56.7 Å². The minimum Gasteiger partial charge on any atom is -0.355 e. The molecule has 1 fully saturated rings. The predicted octanol–water partition coefficient (Wildman–Crippen LogP) is 2.94. The van der Waals surface area contributed by atoms with Crippen LogP contribution >= 0.6 is 11.6 Å². The van der Waals surface area contributed by atoms with Crippen LogP contribution in [0.5, 0.6) is 0 Å². The maximum absolute atomic E-state index is 13.4. The third kappa shape index (κ3) is 4.70. The van der Waals surface area contributed by atoms with Crippen LogP contribution in [0.15, 0.2) is 41.7 Å². The van der Waals surface area contributed by atoms with Gasteiger partial charge < -0.3 is 15.1 Å². The van der Waals surface area contributed by atoms with Crippen molar-refractivity contribution in [1.29, 1.82) is 0 Å². The first-order chi connectivity index (χ1) is 13.4. The van der Waals surface area contributed by atoms with Gasteiger partial charge in [-0.25, -0.2) is 14.4 Å². The molecule has 0 amide bonds. The molecule has 8 heteroatoms. The summed E-state index contributed by atoms with van der Waals surface area (Å²) in [5, 5.41) is 3.89. The van der Waals surface area contributed by atoms with Crippen molar-refractivity contribution in [3.05, 3.63) is 53.1 Å². The fourth-order valence-corrected chi connectivity index (χ4v) is 3.76. The molecule has 1 aromatic heterocycles. The number of anilines is 1. The molecule has 1 saturated heterocycles. The summed E-state index contributed by atoms with van der Waals surface area (Å²) in [5.41, 5.74) is 0.630. The number of aromatic nitrogens is 2. The zero-order valence-corrected chi connectivity index (χ0v) is 17.2. The van der Waals surface area contributed by atoms with Gasteiger partial charge in [0.25, 0.3) is 0 Å². The van der Waals surface area contributed by atoms with Gasteiger partial charge in [0.05, 0.1) is 0 Å². The third-order valence-corrected chi connectivity index (χ3v) is 5.29. The second kappa shape index (κ2) is 8.73. The Hall–Kier alpha value is -2.41. The molecule has 3 rings (SSSR count). The normalized spacial score (nSPS) is 15.7. The molecule has 0 aliphatic carbocycles. The maximum Gasteiger partial charge on any atom is 0.225 e. The quantitative estimate of drug-likeness (QED) is 0.627. The van der Waals surface area contributed by atoms with E-state index in [1.54, 1.807) is 25.5 Å². The van der Waals surface area contributed by atoms with E-state index < -0.39 is 0 Å². The van der Waals surface area contributed by atoms with E-state index in [-0.39, 0.29) is 11.2 Å². The number of halogens is 2. The highest BCUT2D eigenvalue weighted by atomic mass is 35.5. The van der Waals surface area contributed by atoms with Crippen LogP contribution in [-0.2, 0) is 5.41 Å². The molecule has 0 bridgehead atoms. The van der Waals surface area contributed by atoms with Gasteiger partial charge in [0.1, 0.15) is 5.82 Å². The van der Waals surface area contributed by atoms with Gasteiger partial charge in [-0.3, -0.25) is 4.99 Å². The molecule has 1 N–H and O–H groups in total. The van der Waals surface area contributed by atoms with Crippen molar-refractivity contribution >= 4 is 23.5 Å². The van der Waals surface area contributed by atoms with Crippen LogP contribution < -0.4 is 10.2 Å². The number of nitrogens with one attached hydrogen (secondary N) is 1. The number of nitrogens with zero attached hydrogens (tertiary/aromatic N) is 5. The van der Waals surface area contributed by atoms with Crippen LogP contribution in [0.3, 0.4) is 0 Å². The fraction of sp³-hybridized carbons (Fsp3) is 0.450. The van der Waals surface area contributed by atoms with Crippen molar-refractivity contribution in [3.8, 4) is 0 Å². The van der Waals surface area contributed by atoms with Crippen LogP contribution in [0, 0.1) is 5.82 Å². The van der Waals surface area contributed by atoms with Gasteiger partial charge >= 0.3 is 0 Å². The maximum atomic E-state index is 13.4. The highest BCUT2D eigenvalue weighted by Gasteiger charge is 2.26. The summed E-state index contributed by atoms with van der Waals surface area (Å²) in [6, 6.07) is 6.38. The van der Waals surface area contributed by atoms with Crippen LogP contribution in [0.1, 0.15) is 19.4 Å². The highest BCUT2D eigenvalue weighted by Crippen LogP contribution is 2.30. The van der Waals surface area contributed by atoms with Crippen LogP contribution in [-0.4, -0.2) is 60.6 Å². The molecule has 6 nitrogen and oxygen atoms in total. The van der Waals surface area contributed by atoms with Crippen LogP contribution in [0.2, 0.25) is 5.02 Å². The number of aliphatic imine (C=N–C) groups is 1. The van der Waals surface area contributed by atoms with Crippen molar-refractivity contribution in [2.45, 2.75) is 19.3 Å². The van der Waals surface area contributed by atoms with Gasteiger partial charge in [-0.15, -0.1) is 0 Å². The first-order valence-electron chi connectivity index (χ1n) is 9.34. The Kier molecular flexibility index (Phi) is 6.34. The lowest BCUT2D eigenvalue weighted by molar-refractivity contribution is 0.364. The summed E-state index contributed by atoms with van der Waals surface area (Å²) in [7, 11) is 1.78. The highest BCUT2D eigenvalue weighted by molar-refractivity contribution is 6.31. The second-order valence-corrected chi connectivity index (χ2v) is 7.84. The van der Waals surface area contributed by atoms with E-state index >= 15 is 0 Å². The Morgan fingerprint density at radius 3 is 2.50 bits per heavy atom. The van der Waals surface area contributed by atoms with Crippen molar-refractivity contribution in [3.63, 3.8) is 0 Å². The lowest BCUT2D eigenvalue weighted by Gasteiger charge is -2.37. The second-order valence-electron chi connectivity index (χ2n) is 7.43. The van der Waals surface area contributed by atoms with E-state index in [0.29, 0.717) is 11.6 Å². The van der Waals surface area contributed by atoms with Gasteiger partial charge in [-0.2, -0.15) is 0 Å². The molecular formula is C20H26ClFN6. The standard InChI is InChI=1S/C20H26ClFN6/c1-20(2,16-6-5-15(22)13-17(16)21)14-26-18(23-3)27-9-11-28(12-10-27)19-24-7-4-8-25-19/h4-8,13H,9-12,14H2,1-3H3,(H,23,26). The Labute approximate surface area is 170 Å². The zero-order chi connectivity index (χ0) is 20.1. The average molecular weight is 405 g/mol. The third-order valence-electron chi connectivity index (χ3n) is 4.97. The minimum absolute atomic E-state index is 0.277. The number of piperazine rings is 1. The van der Waals surface area contributed by atoms with E-state index in [2.05, 4.69) is 43.9 Å². The van der Waals surface area contributed by atoms with Gasteiger partial charge in [-0.05, 0) is 23.8 Å². The molecule has 0 unspecified atom stereocenters. The molecule has 0 radical (unpaired) electrons. The van der Waals surface area contributed by atoms with Crippen LogP contribution in [0.4, 0.5) is 10.3 Å². The van der Waals surface area contributed by atoms with Crippen molar-refractivity contribution in [2.75, 3.05) is 44.7 Å². The summed E-state index contributed by atoms with van der Waals surface area (Å²) in [5.74, 6) is 1.28. The monoisotopic (exact) mass is 404 g/mol. The minimum atomic E-state index is -0.325. The van der Waals surface area contributed by atoms with E-state index in [4.69, 9.17) is 11.6 Å². The number of hydrogen-bond acceptors (Lipinski definition) is 4. The summed E-state index contributed by atoms with van der Waals surface area (Å²) in [4.78, 5) is 17.5. The number of guanidine groups is 1. The number of rotatable bonds is 4. The molecule has 0 spiro atoms. The molecular weight excluding hydrogens is 379 g/mol. The first-order valence-corrected chi connectivity index (χ1v) is 9.71. The smallest absolute Gasteiger partial charge is 0.225 e. The molecule has 150 valence electrons. The molecule has 1 aliphatic heterocycles. The summed E-state index contributed by atoms with van der Waals surface area (Å²) in [6.45, 7) is 8.11. The van der Waals surface area contributed by atoms with E-state index in [9.17, 15) is 4.39 Å². The van der Waals surface area contributed by atoms with Crippen molar-refractivity contribution in [1.82, 2.24) is 20.2 Å². The Morgan fingerprint density at radius 2 is 1.89 bits per heavy atom. The van der Waals surface area contributed by atoms with Crippen molar-refractivity contribution < 1.29 is 4.39 Å². The molecule has 0 atom stereocenters. The first kappa shape index (κ1) is 20.3. The number of benzene rings is 1. The molecule has 28 heavy (non-hydrogen) atoms. The zero-order valence-electron chi connectivity index (χ0n) is 16.5. The van der Waals surface area contributed by atoms with E-state index in [1.165, 1.54) is 12.1 Å². The van der Waals surface area contributed by atoms with Gasteiger partial charge in [0, 0.05) is 62.6 Å². The predicted molar refractivity (Wildman–Crippen MR) is 112 cm³/mol. The summed E-state index contributed by atoms with van der Waals surface area (Å²) >= 11 is 6.26. The fourth-order valence-electron chi connectivity index (χ4n) is 3.34. The Morgan fingerprint density at radius 1 is 1.21 bits per heavy atom. The lowest BCUT2D eigenvalue weighted by Crippen LogP contribution is -2.54. The Balaban J connectivity index is 1.59. The van der Waals surface area contributed by atoms with Crippen LogP contribution in [0.25, 0.3) is 0 Å². The van der Waals surface area contributed by atoms with Gasteiger partial charge in [0.15, 0.2) is 5.96 Å². The molecule has 1 aromatic carbocycles. The Bertz CT molecular complexity index is 819. The van der Waals surface area contributed by atoms with Crippen molar-refractivity contribution in [2.24, 2.45) is 4.99 Å². The van der Waals surface area contributed by atoms with Gasteiger partial charge in [0.2, 0.25) is 5.95 Å².